The standard InChI is InChI=1S/C39H72N6O11/c1-37(2)24-30(33(48)54-9)27-45(34(37)49)21-20-44(18-16-40-12-14-42-25-28(31(46)52-7)22-38(3,4)35(50)55-10)19-17-41-13-15-43-26-29(32(47)53-8)23-39(5,6)36(51)56-11/h28-30,40-43H,12-27H2,1-11H3. The molecular formula is C39H72N6O11. The highest BCUT2D eigenvalue weighted by atomic mass is 16.5. The van der Waals surface area contributed by atoms with Crippen molar-refractivity contribution in [3.63, 3.8) is 0 Å². The van der Waals surface area contributed by atoms with E-state index in [4.69, 9.17) is 23.7 Å². The molecule has 0 aromatic rings. The van der Waals surface area contributed by atoms with Gasteiger partial charge in [-0.15, -0.1) is 0 Å². The predicted molar refractivity (Wildman–Crippen MR) is 210 cm³/mol. The van der Waals surface area contributed by atoms with Crippen LogP contribution in [0.1, 0.15) is 60.8 Å². The van der Waals surface area contributed by atoms with Crippen molar-refractivity contribution < 1.29 is 52.5 Å². The molecule has 0 spiro atoms. The Morgan fingerprint density at radius 3 is 1.50 bits per heavy atom. The number of ether oxygens (including phenoxy) is 5. The van der Waals surface area contributed by atoms with Crippen molar-refractivity contribution >= 4 is 35.8 Å². The highest BCUT2D eigenvalue weighted by Gasteiger charge is 2.43. The van der Waals surface area contributed by atoms with Gasteiger partial charge in [-0.3, -0.25) is 33.7 Å². The molecule has 17 nitrogen and oxygen atoms in total. The van der Waals surface area contributed by atoms with Gasteiger partial charge in [0.25, 0.3) is 0 Å². The lowest BCUT2D eigenvalue weighted by Crippen LogP contribution is -2.53. The molecule has 0 radical (unpaired) electrons. The summed E-state index contributed by atoms with van der Waals surface area (Å²) in [6.07, 6.45) is 1.01. The SMILES string of the molecule is COC(=O)C(CNCCNCCN(CCNCCNCC(CC(C)(C)C(=O)OC)C(=O)OC)CCN1CC(C(=O)OC)CC(C)(C)C1=O)CC(C)(C)C(=O)OC. The van der Waals surface area contributed by atoms with E-state index in [1.807, 2.05) is 13.8 Å². The predicted octanol–water partition coefficient (Wildman–Crippen LogP) is 0.452. The first-order chi connectivity index (χ1) is 26.3. The zero-order valence-corrected chi connectivity index (χ0v) is 35.9. The molecule has 3 unspecified atom stereocenters. The van der Waals surface area contributed by atoms with Gasteiger partial charge in [0.2, 0.25) is 5.91 Å². The fourth-order valence-corrected chi connectivity index (χ4v) is 7.05. The number of rotatable bonds is 28. The van der Waals surface area contributed by atoms with Gasteiger partial charge in [-0.2, -0.15) is 0 Å². The third-order valence-corrected chi connectivity index (χ3v) is 10.3. The van der Waals surface area contributed by atoms with Gasteiger partial charge in [0.15, 0.2) is 0 Å². The number of carbonyl (C=O) groups is 6. The number of likely N-dealkylation sites (tertiary alicyclic amines) is 1. The molecule has 1 amide bonds. The summed E-state index contributed by atoms with van der Waals surface area (Å²) in [4.78, 5) is 79.0. The molecule has 1 fully saturated rings. The van der Waals surface area contributed by atoms with Gasteiger partial charge in [0.1, 0.15) is 0 Å². The monoisotopic (exact) mass is 801 g/mol. The summed E-state index contributed by atoms with van der Waals surface area (Å²) in [5.41, 5.74) is -2.35. The Bertz CT molecular complexity index is 1200. The molecule has 4 N–H and O–H groups in total. The van der Waals surface area contributed by atoms with E-state index in [1.165, 1.54) is 35.5 Å². The molecule has 0 aromatic carbocycles. The number of amides is 1. The average Bonchev–Trinajstić information content (AvgIpc) is 3.16. The average molecular weight is 801 g/mol. The molecule has 0 aromatic heterocycles. The number of nitrogens with one attached hydrogen (secondary N) is 4. The van der Waals surface area contributed by atoms with Crippen LogP contribution in [0.5, 0.6) is 0 Å². The van der Waals surface area contributed by atoms with Crippen molar-refractivity contribution in [3.8, 4) is 0 Å². The largest absolute Gasteiger partial charge is 0.469 e. The molecule has 1 saturated heterocycles. The fourth-order valence-electron chi connectivity index (χ4n) is 7.05. The van der Waals surface area contributed by atoms with Crippen molar-refractivity contribution in [2.24, 2.45) is 34.0 Å². The van der Waals surface area contributed by atoms with Gasteiger partial charge in [0, 0.05) is 90.5 Å². The van der Waals surface area contributed by atoms with Crippen LogP contribution in [-0.2, 0) is 52.5 Å². The lowest BCUT2D eigenvalue weighted by molar-refractivity contribution is -0.158. The number of nitrogens with zero attached hydrogens (tertiary/aromatic N) is 2. The maximum atomic E-state index is 13.3. The Balaban J connectivity index is 2.74. The van der Waals surface area contributed by atoms with Gasteiger partial charge < -0.3 is 49.9 Å². The van der Waals surface area contributed by atoms with Crippen molar-refractivity contribution in [2.45, 2.75) is 60.8 Å². The van der Waals surface area contributed by atoms with E-state index >= 15 is 0 Å². The Hall–Kier alpha value is -3.38. The molecule has 0 bridgehead atoms. The molecule has 56 heavy (non-hydrogen) atoms. The Kier molecular flexibility index (Phi) is 22.7. The summed E-state index contributed by atoms with van der Waals surface area (Å²) in [6, 6.07) is 0. The molecule has 1 heterocycles. The minimum absolute atomic E-state index is 0.0199. The van der Waals surface area contributed by atoms with Gasteiger partial charge in [-0.05, 0) is 47.0 Å². The van der Waals surface area contributed by atoms with E-state index < -0.39 is 28.1 Å². The second-order valence-electron chi connectivity index (χ2n) is 16.4. The molecule has 0 saturated carbocycles. The quantitative estimate of drug-likeness (QED) is 0.0482. The van der Waals surface area contributed by atoms with Crippen LogP contribution < -0.4 is 21.3 Å². The minimum atomic E-state index is -0.838. The van der Waals surface area contributed by atoms with Crippen LogP contribution in [0, 0.1) is 34.0 Å². The first-order valence-electron chi connectivity index (χ1n) is 19.5. The Labute approximate surface area is 334 Å². The summed E-state index contributed by atoms with van der Waals surface area (Å²) in [7, 11) is 6.70. The van der Waals surface area contributed by atoms with Crippen molar-refractivity contribution in [1.29, 1.82) is 0 Å². The van der Waals surface area contributed by atoms with Crippen LogP contribution in [0.15, 0.2) is 0 Å². The van der Waals surface area contributed by atoms with Crippen molar-refractivity contribution in [2.75, 3.05) is 121 Å². The summed E-state index contributed by atoms with van der Waals surface area (Å²) in [5, 5.41) is 13.4. The molecule has 3 atom stereocenters. The number of hydrogen-bond donors (Lipinski definition) is 4. The molecule has 1 aliphatic heterocycles. The van der Waals surface area contributed by atoms with E-state index in [-0.39, 0.29) is 54.5 Å². The molecule has 1 rings (SSSR count). The van der Waals surface area contributed by atoms with Crippen LogP contribution in [-0.4, -0.2) is 166 Å². The summed E-state index contributed by atoms with van der Waals surface area (Å²) in [6.45, 7) is 18.0. The smallest absolute Gasteiger partial charge is 0.311 e. The van der Waals surface area contributed by atoms with Crippen LogP contribution in [0.4, 0.5) is 0 Å². The van der Waals surface area contributed by atoms with E-state index in [2.05, 4.69) is 26.2 Å². The summed E-state index contributed by atoms with van der Waals surface area (Å²) in [5.74, 6) is -3.23. The number of esters is 5. The maximum Gasteiger partial charge on any atom is 0.311 e. The highest BCUT2D eigenvalue weighted by molar-refractivity contribution is 5.85. The molecule has 17 heteroatoms. The zero-order chi connectivity index (χ0) is 42.5. The van der Waals surface area contributed by atoms with Crippen molar-refractivity contribution in [1.82, 2.24) is 31.1 Å². The third-order valence-electron chi connectivity index (χ3n) is 10.3. The van der Waals surface area contributed by atoms with Crippen molar-refractivity contribution in [3.05, 3.63) is 0 Å². The Morgan fingerprint density at radius 2 is 1.11 bits per heavy atom. The normalized spacial score (nSPS) is 16.9. The fraction of sp³-hybridized carbons (Fsp3) is 0.846. The zero-order valence-electron chi connectivity index (χ0n) is 35.9. The number of piperidine rings is 1. The van der Waals surface area contributed by atoms with Gasteiger partial charge in [-0.1, -0.05) is 13.8 Å². The van der Waals surface area contributed by atoms with Gasteiger partial charge in [-0.25, -0.2) is 0 Å². The third kappa shape index (κ3) is 17.4. The molecule has 324 valence electrons. The van der Waals surface area contributed by atoms with Gasteiger partial charge in [0.05, 0.1) is 64.1 Å². The van der Waals surface area contributed by atoms with Crippen LogP contribution in [0.25, 0.3) is 0 Å². The first kappa shape index (κ1) is 50.6. The first-order valence-corrected chi connectivity index (χ1v) is 19.5. The number of hydrogen-bond acceptors (Lipinski definition) is 16. The van der Waals surface area contributed by atoms with E-state index in [9.17, 15) is 28.8 Å². The van der Waals surface area contributed by atoms with E-state index in [0.29, 0.717) is 91.5 Å². The summed E-state index contributed by atoms with van der Waals surface area (Å²) >= 11 is 0. The summed E-state index contributed by atoms with van der Waals surface area (Å²) < 4.78 is 24.7. The lowest BCUT2D eigenvalue weighted by Gasteiger charge is -2.41. The molecule has 0 aliphatic carbocycles. The lowest BCUT2D eigenvalue weighted by atomic mass is 9.77. The number of methoxy groups -OCH3 is 5. The minimum Gasteiger partial charge on any atom is -0.469 e. The van der Waals surface area contributed by atoms with Crippen LogP contribution in [0.2, 0.25) is 0 Å². The van der Waals surface area contributed by atoms with Crippen LogP contribution >= 0.6 is 0 Å². The van der Waals surface area contributed by atoms with E-state index in [0.717, 1.165) is 0 Å². The van der Waals surface area contributed by atoms with Crippen LogP contribution in [0.3, 0.4) is 0 Å². The highest BCUT2D eigenvalue weighted by Crippen LogP contribution is 2.34. The van der Waals surface area contributed by atoms with Gasteiger partial charge >= 0.3 is 29.8 Å². The van der Waals surface area contributed by atoms with E-state index in [1.54, 1.807) is 32.6 Å². The number of carbonyl (C=O) groups excluding carboxylic acids is 6. The maximum absolute atomic E-state index is 13.3. The molecular weight excluding hydrogens is 728 g/mol. The second kappa shape index (κ2) is 25.1. The topological polar surface area (TPSA) is 203 Å². The second-order valence-corrected chi connectivity index (χ2v) is 16.4. The Morgan fingerprint density at radius 1 is 0.679 bits per heavy atom. The molecule has 1 aliphatic rings.